The summed E-state index contributed by atoms with van der Waals surface area (Å²) in [5.41, 5.74) is 0.326. The molecule has 0 fully saturated rings. The minimum Gasteiger partial charge on any atom is -0.227 e. The van der Waals surface area contributed by atoms with Crippen molar-refractivity contribution in [3.05, 3.63) is 28.2 Å². The minimum atomic E-state index is -0.577. The van der Waals surface area contributed by atoms with E-state index in [4.69, 9.17) is 5.26 Å². The Hall–Kier alpha value is -0.950. The largest absolute Gasteiger partial charge is 0.227 e. The van der Waals surface area contributed by atoms with Crippen LogP contribution in [0.4, 0.5) is 4.39 Å². The van der Waals surface area contributed by atoms with Crippen molar-refractivity contribution < 1.29 is 4.39 Å². The van der Waals surface area contributed by atoms with Gasteiger partial charge in [-0.2, -0.15) is 9.65 Å². The fourth-order valence-corrected chi connectivity index (χ4v) is 1.16. The molecule has 0 spiro atoms. The Morgan fingerprint density at radius 2 is 2.42 bits per heavy atom. The van der Waals surface area contributed by atoms with Gasteiger partial charge in [-0.1, -0.05) is 0 Å². The first kappa shape index (κ1) is 9.14. The van der Waals surface area contributed by atoms with E-state index >= 15 is 0 Å². The topological polar surface area (TPSA) is 36.7 Å². The van der Waals surface area contributed by atoms with Gasteiger partial charge in [-0.25, -0.2) is 4.98 Å². The maximum atomic E-state index is 12.9. The molecule has 0 aliphatic rings. The molecule has 1 rings (SSSR count). The molecule has 1 aromatic rings. The second kappa shape index (κ2) is 3.63. The molecule has 2 nitrogen and oxygen atoms in total. The Balaban J connectivity index is 3.15. The van der Waals surface area contributed by atoms with Gasteiger partial charge in [0.05, 0.1) is 12.0 Å². The van der Waals surface area contributed by atoms with Crippen LogP contribution in [0.2, 0.25) is 0 Å². The van der Waals surface area contributed by atoms with Gasteiger partial charge < -0.3 is 0 Å². The molecule has 0 saturated heterocycles. The third-order valence-corrected chi connectivity index (χ3v) is 1.93. The highest BCUT2D eigenvalue weighted by molar-refractivity contribution is 9.10. The number of hydrogen-bond donors (Lipinski definition) is 0. The average molecular weight is 229 g/mol. The summed E-state index contributed by atoms with van der Waals surface area (Å²) < 4.78 is 13.6. The first-order chi connectivity index (χ1) is 5.65. The molecule has 0 aromatic carbocycles. The van der Waals surface area contributed by atoms with Crippen LogP contribution < -0.4 is 0 Å². The smallest absolute Gasteiger partial charge is 0.217 e. The number of nitrogens with zero attached hydrogens (tertiary/aromatic N) is 2. The third-order valence-electron chi connectivity index (χ3n) is 1.49. The van der Waals surface area contributed by atoms with Gasteiger partial charge in [-0.05, 0) is 28.9 Å². The van der Waals surface area contributed by atoms with Crippen molar-refractivity contribution in [3.8, 4) is 6.07 Å². The molecule has 1 atom stereocenters. The molecule has 0 bridgehead atoms. The number of nitriles is 1. The van der Waals surface area contributed by atoms with Gasteiger partial charge in [0, 0.05) is 16.2 Å². The molecule has 1 heterocycles. The third kappa shape index (κ3) is 1.80. The molecule has 0 N–H and O–H groups in total. The fourth-order valence-electron chi connectivity index (χ4n) is 0.811. The predicted octanol–water partition coefficient (Wildman–Crippen LogP) is 2.61. The van der Waals surface area contributed by atoms with Gasteiger partial charge in [0.2, 0.25) is 5.95 Å². The zero-order valence-corrected chi connectivity index (χ0v) is 7.97. The SMILES string of the molecule is CC(C#N)c1cc(Br)cnc1F. The Bertz CT molecular complexity index is 332. The first-order valence-electron chi connectivity index (χ1n) is 3.35. The number of hydrogen-bond acceptors (Lipinski definition) is 2. The molecule has 0 aliphatic heterocycles. The van der Waals surface area contributed by atoms with Crippen LogP contribution in [0.5, 0.6) is 0 Å². The molecule has 0 aliphatic carbocycles. The molecule has 12 heavy (non-hydrogen) atoms. The van der Waals surface area contributed by atoms with E-state index in [2.05, 4.69) is 20.9 Å². The quantitative estimate of drug-likeness (QED) is 0.694. The Morgan fingerprint density at radius 3 is 3.00 bits per heavy atom. The summed E-state index contributed by atoms with van der Waals surface area (Å²) in [4.78, 5) is 3.48. The van der Waals surface area contributed by atoms with Crippen LogP contribution in [0.25, 0.3) is 0 Å². The summed E-state index contributed by atoms with van der Waals surface area (Å²) in [5, 5.41) is 8.54. The van der Waals surface area contributed by atoms with Gasteiger partial charge >= 0.3 is 0 Å². The first-order valence-corrected chi connectivity index (χ1v) is 4.15. The van der Waals surface area contributed by atoms with Crippen molar-refractivity contribution in [2.24, 2.45) is 0 Å². The van der Waals surface area contributed by atoms with E-state index < -0.39 is 11.9 Å². The highest BCUT2D eigenvalue weighted by Gasteiger charge is 2.10. The van der Waals surface area contributed by atoms with Crippen LogP contribution in [-0.2, 0) is 0 Å². The maximum Gasteiger partial charge on any atom is 0.217 e. The predicted molar refractivity (Wildman–Crippen MR) is 45.9 cm³/mol. The van der Waals surface area contributed by atoms with Gasteiger partial charge in [0.15, 0.2) is 0 Å². The van der Waals surface area contributed by atoms with E-state index in [1.807, 2.05) is 6.07 Å². The van der Waals surface area contributed by atoms with Crippen molar-refractivity contribution in [1.82, 2.24) is 4.98 Å². The van der Waals surface area contributed by atoms with Crippen LogP contribution in [0.1, 0.15) is 18.4 Å². The van der Waals surface area contributed by atoms with Crippen LogP contribution in [0.15, 0.2) is 16.7 Å². The van der Waals surface area contributed by atoms with Crippen LogP contribution in [0.3, 0.4) is 0 Å². The lowest BCUT2D eigenvalue weighted by molar-refractivity contribution is 0.562. The molecule has 0 radical (unpaired) electrons. The molecule has 0 amide bonds. The van der Waals surface area contributed by atoms with Crippen molar-refractivity contribution in [3.63, 3.8) is 0 Å². The summed E-state index contributed by atoms with van der Waals surface area (Å²) in [7, 11) is 0. The molecule has 1 aromatic heterocycles. The number of aromatic nitrogens is 1. The lowest BCUT2D eigenvalue weighted by atomic mass is 10.1. The van der Waals surface area contributed by atoms with E-state index in [0.717, 1.165) is 0 Å². The van der Waals surface area contributed by atoms with E-state index in [1.54, 1.807) is 13.0 Å². The van der Waals surface area contributed by atoms with Crippen molar-refractivity contribution in [2.45, 2.75) is 12.8 Å². The van der Waals surface area contributed by atoms with Gasteiger partial charge in [-0.15, -0.1) is 0 Å². The Morgan fingerprint density at radius 1 is 1.75 bits per heavy atom. The molecule has 1 unspecified atom stereocenters. The number of pyridine rings is 1. The second-order valence-electron chi connectivity index (χ2n) is 2.38. The molecule has 62 valence electrons. The summed E-state index contributed by atoms with van der Waals surface area (Å²) in [6.07, 6.45) is 1.36. The average Bonchev–Trinajstić information content (AvgIpc) is 2.08. The maximum absolute atomic E-state index is 12.9. The van der Waals surface area contributed by atoms with Gasteiger partial charge in [0.1, 0.15) is 0 Å². The zero-order chi connectivity index (χ0) is 9.14. The summed E-state index contributed by atoms with van der Waals surface area (Å²) in [5.74, 6) is -1.04. The van der Waals surface area contributed by atoms with Crippen molar-refractivity contribution >= 4 is 15.9 Å². The van der Waals surface area contributed by atoms with E-state index in [1.165, 1.54) is 6.20 Å². The van der Waals surface area contributed by atoms with E-state index in [-0.39, 0.29) is 0 Å². The highest BCUT2D eigenvalue weighted by atomic mass is 79.9. The normalized spacial score (nSPS) is 12.2. The van der Waals surface area contributed by atoms with Crippen LogP contribution in [-0.4, -0.2) is 4.98 Å². The monoisotopic (exact) mass is 228 g/mol. The highest BCUT2D eigenvalue weighted by Crippen LogP contribution is 2.20. The summed E-state index contributed by atoms with van der Waals surface area (Å²) in [6.45, 7) is 1.63. The number of halogens is 2. The molecule has 0 saturated carbocycles. The Kier molecular flexibility index (Phi) is 2.77. The minimum absolute atomic E-state index is 0.326. The van der Waals surface area contributed by atoms with Gasteiger partial charge in [0.25, 0.3) is 0 Å². The molecule has 4 heteroatoms. The van der Waals surface area contributed by atoms with E-state index in [9.17, 15) is 4.39 Å². The fraction of sp³-hybridized carbons (Fsp3) is 0.250. The standard InChI is InChI=1S/C8H6BrFN2/c1-5(3-11)7-2-6(9)4-12-8(7)10/h2,4-5H,1H3. The molecular formula is C8H6BrFN2. The summed E-state index contributed by atoms with van der Waals surface area (Å²) >= 11 is 3.16. The van der Waals surface area contributed by atoms with E-state index in [0.29, 0.717) is 10.0 Å². The lowest BCUT2D eigenvalue weighted by Gasteiger charge is -2.03. The number of rotatable bonds is 1. The van der Waals surface area contributed by atoms with Crippen LogP contribution in [0, 0.1) is 17.3 Å². The zero-order valence-electron chi connectivity index (χ0n) is 6.38. The van der Waals surface area contributed by atoms with Crippen LogP contribution >= 0.6 is 15.9 Å². The molecular weight excluding hydrogens is 223 g/mol. The second-order valence-corrected chi connectivity index (χ2v) is 3.30. The van der Waals surface area contributed by atoms with Gasteiger partial charge in [-0.3, -0.25) is 0 Å². The van der Waals surface area contributed by atoms with Crippen molar-refractivity contribution in [1.29, 1.82) is 5.26 Å². The van der Waals surface area contributed by atoms with Crippen molar-refractivity contribution in [2.75, 3.05) is 0 Å². The lowest BCUT2D eigenvalue weighted by Crippen LogP contribution is -1.96. The summed E-state index contributed by atoms with van der Waals surface area (Å²) in [6, 6.07) is 3.51. The Labute approximate surface area is 78.2 Å².